The molecule has 0 heterocycles. The summed E-state index contributed by atoms with van der Waals surface area (Å²) in [5, 5.41) is 0. The van der Waals surface area contributed by atoms with E-state index in [0.29, 0.717) is 0 Å². The summed E-state index contributed by atoms with van der Waals surface area (Å²) in [6.07, 6.45) is 3.68. The number of benzene rings is 2. The van der Waals surface area contributed by atoms with Gasteiger partial charge >= 0.3 is 0 Å². The predicted octanol–water partition coefficient (Wildman–Crippen LogP) is 3.23. The molecular formula is C17H19NO. The Morgan fingerprint density at radius 1 is 0.947 bits per heavy atom. The molecule has 98 valence electrons. The molecule has 2 nitrogen and oxygen atoms in total. The number of methoxy groups -OCH3 is 1. The zero-order chi connectivity index (χ0) is 13.2. The molecule has 0 fully saturated rings. The fraction of sp³-hybridized carbons (Fsp3) is 0.294. The fourth-order valence-corrected chi connectivity index (χ4v) is 2.79. The molecule has 3 rings (SSSR count). The van der Waals surface area contributed by atoms with Gasteiger partial charge in [0.25, 0.3) is 0 Å². The number of hydrogen-bond donors (Lipinski definition) is 1. The van der Waals surface area contributed by atoms with E-state index < -0.39 is 0 Å². The van der Waals surface area contributed by atoms with Gasteiger partial charge in [0.1, 0.15) is 5.75 Å². The van der Waals surface area contributed by atoms with E-state index in [1.54, 1.807) is 7.11 Å². The highest BCUT2D eigenvalue weighted by Crippen LogP contribution is 2.27. The fourth-order valence-electron chi connectivity index (χ4n) is 2.79. The Kier molecular flexibility index (Phi) is 3.26. The lowest BCUT2D eigenvalue weighted by Gasteiger charge is -2.14. The SMILES string of the molecule is COc1ccc(C(N)c2ccc3c(c2)CCC3)cc1. The smallest absolute Gasteiger partial charge is 0.118 e. The van der Waals surface area contributed by atoms with Crippen molar-refractivity contribution >= 4 is 0 Å². The number of nitrogens with two attached hydrogens (primary N) is 1. The van der Waals surface area contributed by atoms with Crippen molar-refractivity contribution in [2.45, 2.75) is 25.3 Å². The molecule has 0 aromatic heterocycles. The van der Waals surface area contributed by atoms with Crippen LogP contribution in [0.2, 0.25) is 0 Å². The molecular weight excluding hydrogens is 234 g/mol. The minimum Gasteiger partial charge on any atom is -0.497 e. The van der Waals surface area contributed by atoms with E-state index in [-0.39, 0.29) is 6.04 Å². The van der Waals surface area contributed by atoms with Gasteiger partial charge in [-0.2, -0.15) is 0 Å². The van der Waals surface area contributed by atoms with Gasteiger partial charge in [-0.15, -0.1) is 0 Å². The molecule has 1 atom stereocenters. The van der Waals surface area contributed by atoms with Crippen LogP contribution in [0.25, 0.3) is 0 Å². The van der Waals surface area contributed by atoms with Crippen LogP contribution in [0.3, 0.4) is 0 Å². The van der Waals surface area contributed by atoms with Crippen molar-refractivity contribution < 1.29 is 4.74 Å². The van der Waals surface area contributed by atoms with Gasteiger partial charge in [0.2, 0.25) is 0 Å². The van der Waals surface area contributed by atoms with E-state index in [4.69, 9.17) is 10.5 Å². The molecule has 1 aliphatic carbocycles. The molecule has 0 saturated heterocycles. The van der Waals surface area contributed by atoms with E-state index >= 15 is 0 Å². The topological polar surface area (TPSA) is 35.2 Å². The summed E-state index contributed by atoms with van der Waals surface area (Å²) >= 11 is 0. The van der Waals surface area contributed by atoms with Crippen molar-refractivity contribution in [2.24, 2.45) is 5.73 Å². The summed E-state index contributed by atoms with van der Waals surface area (Å²) in [5.74, 6) is 0.866. The van der Waals surface area contributed by atoms with Crippen molar-refractivity contribution in [3.05, 3.63) is 64.7 Å². The Morgan fingerprint density at radius 2 is 1.63 bits per heavy atom. The highest BCUT2D eigenvalue weighted by Gasteiger charge is 2.14. The Bertz CT molecular complexity index is 574. The highest BCUT2D eigenvalue weighted by atomic mass is 16.5. The van der Waals surface area contributed by atoms with Crippen molar-refractivity contribution in [2.75, 3.05) is 7.11 Å². The van der Waals surface area contributed by atoms with Gasteiger partial charge in [-0.1, -0.05) is 30.3 Å². The van der Waals surface area contributed by atoms with E-state index in [0.717, 1.165) is 11.3 Å². The molecule has 2 aromatic carbocycles. The van der Waals surface area contributed by atoms with Crippen LogP contribution in [-0.2, 0) is 12.8 Å². The zero-order valence-corrected chi connectivity index (χ0v) is 11.2. The third kappa shape index (κ3) is 2.36. The van der Waals surface area contributed by atoms with Gasteiger partial charge in [0.05, 0.1) is 13.2 Å². The van der Waals surface area contributed by atoms with Gasteiger partial charge in [-0.3, -0.25) is 0 Å². The van der Waals surface area contributed by atoms with Crippen LogP contribution in [-0.4, -0.2) is 7.11 Å². The minimum absolute atomic E-state index is 0.0585. The second-order valence-corrected chi connectivity index (χ2v) is 5.13. The normalized spacial score (nSPS) is 15.1. The second-order valence-electron chi connectivity index (χ2n) is 5.13. The first-order valence-corrected chi connectivity index (χ1v) is 6.79. The summed E-state index contributed by atoms with van der Waals surface area (Å²) in [6.45, 7) is 0. The molecule has 0 radical (unpaired) electrons. The van der Waals surface area contributed by atoms with Crippen molar-refractivity contribution in [1.29, 1.82) is 0 Å². The largest absolute Gasteiger partial charge is 0.497 e. The monoisotopic (exact) mass is 253 g/mol. The van der Waals surface area contributed by atoms with Gasteiger partial charge in [-0.25, -0.2) is 0 Å². The van der Waals surface area contributed by atoms with Crippen LogP contribution >= 0.6 is 0 Å². The molecule has 2 N–H and O–H groups in total. The van der Waals surface area contributed by atoms with Gasteiger partial charge in [-0.05, 0) is 53.6 Å². The summed E-state index contributed by atoms with van der Waals surface area (Å²) < 4.78 is 5.17. The van der Waals surface area contributed by atoms with Crippen LogP contribution in [0.5, 0.6) is 5.75 Å². The first-order valence-electron chi connectivity index (χ1n) is 6.79. The Labute approximate surface area is 114 Å². The lowest BCUT2D eigenvalue weighted by atomic mass is 9.96. The molecule has 0 aliphatic heterocycles. The molecule has 0 spiro atoms. The number of fused-ring (bicyclic) bond motifs is 1. The lowest BCUT2D eigenvalue weighted by molar-refractivity contribution is 0.414. The molecule has 0 bridgehead atoms. The Hall–Kier alpha value is -1.80. The molecule has 2 aromatic rings. The maximum absolute atomic E-state index is 6.36. The van der Waals surface area contributed by atoms with E-state index in [2.05, 4.69) is 18.2 Å². The van der Waals surface area contributed by atoms with Gasteiger partial charge < -0.3 is 10.5 Å². The third-order valence-electron chi connectivity index (χ3n) is 3.96. The maximum Gasteiger partial charge on any atom is 0.118 e. The van der Waals surface area contributed by atoms with Crippen LogP contribution in [0, 0.1) is 0 Å². The second kappa shape index (κ2) is 5.06. The van der Waals surface area contributed by atoms with Crippen LogP contribution < -0.4 is 10.5 Å². The minimum atomic E-state index is -0.0585. The van der Waals surface area contributed by atoms with Crippen LogP contribution in [0.1, 0.15) is 34.7 Å². The molecule has 1 aliphatic rings. The Balaban J connectivity index is 1.88. The summed E-state index contributed by atoms with van der Waals surface area (Å²) in [6, 6.07) is 14.6. The molecule has 19 heavy (non-hydrogen) atoms. The zero-order valence-electron chi connectivity index (χ0n) is 11.2. The number of ether oxygens (including phenoxy) is 1. The summed E-state index contributed by atoms with van der Waals surface area (Å²) in [7, 11) is 1.68. The maximum atomic E-state index is 6.36. The van der Waals surface area contributed by atoms with Gasteiger partial charge in [0, 0.05) is 0 Å². The first kappa shape index (κ1) is 12.2. The Morgan fingerprint density at radius 3 is 2.37 bits per heavy atom. The van der Waals surface area contributed by atoms with E-state index in [1.807, 2.05) is 24.3 Å². The summed E-state index contributed by atoms with van der Waals surface area (Å²) in [5.41, 5.74) is 11.6. The highest BCUT2D eigenvalue weighted by molar-refractivity contribution is 5.40. The van der Waals surface area contributed by atoms with E-state index in [1.165, 1.54) is 36.0 Å². The molecule has 1 unspecified atom stereocenters. The van der Waals surface area contributed by atoms with Crippen molar-refractivity contribution in [3.63, 3.8) is 0 Å². The number of hydrogen-bond acceptors (Lipinski definition) is 2. The summed E-state index contributed by atoms with van der Waals surface area (Å²) in [4.78, 5) is 0. The average Bonchev–Trinajstić information content (AvgIpc) is 2.94. The quantitative estimate of drug-likeness (QED) is 0.911. The lowest BCUT2D eigenvalue weighted by Crippen LogP contribution is -2.12. The molecule has 2 heteroatoms. The third-order valence-corrected chi connectivity index (χ3v) is 3.96. The number of rotatable bonds is 3. The van der Waals surface area contributed by atoms with Crippen LogP contribution in [0.4, 0.5) is 0 Å². The van der Waals surface area contributed by atoms with E-state index in [9.17, 15) is 0 Å². The van der Waals surface area contributed by atoms with Gasteiger partial charge in [0.15, 0.2) is 0 Å². The standard InChI is InChI=1S/C17H19NO/c1-19-16-9-7-13(8-10-16)17(18)15-6-5-12-3-2-4-14(12)11-15/h5-11,17H,2-4,18H2,1H3. The molecule has 0 amide bonds. The van der Waals surface area contributed by atoms with Crippen LogP contribution in [0.15, 0.2) is 42.5 Å². The molecule has 0 saturated carbocycles. The van der Waals surface area contributed by atoms with Crippen molar-refractivity contribution in [1.82, 2.24) is 0 Å². The predicted molar refractivity (Wildman–Crippen MR) is 77.5 cm³/mol. The number of aryl methyl sites for hydroxylation is 2. The first-order chi connectivity index (χ1) is 9.28. The van der Waals surface area contributed by atoms with Crippen molar-refractivity contribution in [3.8, 4) is 5.75 Å². The average molecular weight is 253 g/mol.